The molecule has 0 saturated heterocycles. The predicted octanol–water partition coefficient (Wildman–Crippen LogP) is 6.14. The smallest absolute Gasteiger partial charge is 0.0406 e. The fourth-order valence-corrected chi connectivity index (χ4v) is 3.01. The molecule has 0 fully saturated rings. The van der Waals surface area contributed by atoms with E-state index in [0.717, 1.165) is 11.4 Å². The van der Waals surface area contributed by atoms with Crippen LogP contribution in [0.3, 0.4) is 0 Å². The zero-order chi connectivity index (χ0) is 13.9. The maximum absolute atomic E-state index is 5.98. The minimum Gasteiger partial charge on any atom is -0.0843 e. The number of hydrogen-bond donors (Lipinski definition) is 0. The van der Waals surface area contributed by atoms with Crippen LogP contribution in [0.2, 0.25) is 5.02 Å². The molecule has 0 unspecified atom stereocenters. The van der Waals surface area contributed by atoms with Gasteiger partial charge in [0, 0.05) is 5.02 Å². The molecule has 0 aliphatic heterocycles. The SMILES string of the molecule is CCCCC1=Cc2c(cccc2-c2ccc(Cl)cc2)C1. The first-order chi connectivity index (χ1) is 9.78. The molecule has 2 aromatic carbocycles. The summed E-state index contributed by atoms with van der Waals surface area (Å²) < 4.78 is 0. The molecule has 2 aromatic rings. The third kappa shape index (κ3) is 2.66. The Morgan fingerprint density at radius 2 is 1.85 bits per heavy atom. The Balaban J connectivity index is 1.97. The Morgan fingerprint density at radius 1 is 1.05 bits per heavy atom. The molecule has 0 radical (unpaired) electrons. The van der Waals surface area contributed by atoms with Crippen molar-refractivity contribution in [1.29, 1.82) is 0 Å². The van der Waals surface area contributed by atoms with Crippen LogP contribution in [0, 0.1) is 0 Å². The number of allylic oxidation sites excluding steroid dienone is 1. The van der Waals surface area contributed by atoms with E-state index in [0.29, 0.717) is 0 Å². The van der Waals surface area contributed by atoms with E-state index in [2.05, 4.69) is 43.3 Å². The van der Waals surface area contributed by atoms with Crippen molar-refractivity contribution < 1.29 is 0 Å². The summed E-state index contributed by atoms with van der Waals surface area (Å²) in [5.74, 6) is 0. The molecule has 0 saturated carbocycles. The third-order valence-electron chi connectivity index (χ3n) is 3.97. The van der Waals surface area contributed by atoms with Crippen LogP contribution in [-0.4, -0.2) is 0 Å². The van der Waals surface area contributed by atoms with Gasteiger partial charge in [-0.05, 0) is 53.6 Å². The lowest BCUT2D eigenvalue weighted by Gasteiger charge is -2.07. The van der Waals surface area contributed by atoms with Crippen molar-refractivity contribution in [2.75, 3.05) is 0 Å². The molecule has 0 amide bonds. The summed E-state index contributed by atoms with van der Waals surface area (Å²) in [6.45, 7) is 2.25. The van der Waals surface area contributed by atoms with Gasteiger partial charge in [0.1, 0.15) is 0 Å². The van der Waals surface area contributed by atoms with E-state index >= 15 is 0 Å². The van der Waals surface area contributed by atoms with Crippen LogP contribution in [0.5, 0.6) is 0 Å². The first-order valence-corrected chi connectivity index (χ1v) is 7.73. The Kier molecular flexibility index (Phi) is 3.93. The molecule has 1 aliphatic rings. The van der Waals surface area contributed by atoms with Crippen LogP contribution in [0.4, 0.5) is 0 Å². The molecule has 0 aromatic heterocycles. The normalized spacial score (nSPS) is 13.2. The minimum atomic E-state index is 0.792. The molecule has 102 valence electrons. The molecule has 3 rings (SSSR count). The first-order valence-electron chi connectivity index (χ1n) is 7.35. The van der Waals surface area contributed by atoms with Crippen LogP contribution in [-0.2, 0) is 6.42 Å². The van der Waals surface area contributed by atoms with Gasteiger partial charge in [0.25, 0.3) is 0 Å². The lowest BCUT2D eigenvalue weighted by atomic mass is 9.97. The second-order valence-electron chi connectivity index (χ2n) is 5.47. The lowest BCUT2D eigenvalue weighted by Crippen LogP contribution is -1.87. The summed E-state index contributed by atoms with van der Waals surface area (Å²) in [7, 11) is 0. The van der Waals surface area contributed by atoms with E-state index in [1.54, 1.807) is 5.57 Å². The van der Waals surface area contributed by atoms with Crippen molar-refractivity contribution in [3.63, 3.8) is 0 Å². The van der Waals surface area contributed by atoms with Gasteiger partial charge in [-0.3, -0.25) is 0 Å². The molecule has 20 heavy (non-hydrogen) atoms. The van der Waals surface area contributed by atoms with Gasteiger partial charge < -0.3 is 0 Å². The highest BCUT2D eigenvalue weighted by molar-refractivity contribution is 6.30. The standard InChI is InChI=1S/C19H19Cl/c1-2-3-5-14-12-16-6-4-7-18(19(16)13-14)15-8-10-17(20)11-9-15/h4,6-11,13H,2-3,5,12H2,1H3. The average molecular weight is 283 g/mol. The van der Waals surface area contributed by atoms with Crippen molar-refractivity contribution >= 4 is 17.7 Å². The van der Waals surface area contributed by atoms with Crippen LogP contribution >= 0.6 is 11.6 Å². The molecule has 0 spiro atoms. The molecule has 0 N–H and O–H groups in total. The van der Waals surface area contributed by atoms with E-state index in [1.807, 2.05) is 12.1 Å². The van der Waals surface area contributed by atoms with Crippen LogP contribution in [0.1, 0.15) is 37.3 Å². The number of rotatable bonds is 4. The van der Waals surface area contributed by atoms with Gasteiger partial charge in [-0.15, -0.1) is 0 Å². The van der Waals surface area contributed by atoms with Crippen molar-refractivity contribution in [3.8, 4) is 11.1 Å². The van der Waals surface area contributed by atoms with Gasteiger partial charge in [-0.25, -0.2) is 0 Å². The van der Waals surface area contributed by atoms with Crippen molar-refractivity contribution in [2.24, 2.45) is 0 Å². The fourth-order valence-electron chi connectivity index (χ4n) is 2.88. The highest BCUT2D eigenvalue weighted by Gasteiger charge is 2.15. The topological polar surface area (TPSA) is 0 Å². The number of benzene rings is 2. The number of unbranched alkanes of at least 4 members (excludes halogenated alkanes) is 1. The predicted molar refractivity (Wildman–Crippen MR) is 88.1 cm³/mol. The largest absolute Gasteiger partial charge is 0.0843 e. The second kappa shape index (κ2) is 5.85. The quantitative estimate of drug-likeness (QED) is 0.632. The molecule has 0 atom stereocenters. The molecular weight excluding hydrogens is 264 g/mol. The van der Waals surface area contributed by atoms with Crippen LogP contribution in [0.25, 0.3) is 17.2 Å². The molecule has 1 heteroatoms. The molecule has 0 bridgehead atoms. The Morgan fingerprint density at radius 3 is 2.60 bits per heavy atom. The van der Waals surface area contributed by atoms with E-state index < -0.39 is 0 Å². The maximum Gasteiger partial charge on any atom is 0.0406 e. The minimum absolute atomic E-state index is 0.792. The van der Waals surface area contributed by atoms with E-state index in [1.165, 1.54) is 41.5 Å². The highest BCUT2D eigenvalue weighted by atomic mass is 35.5. The first kappa shape index (κ1) is 13.5. The summed E-state index contributed by atoms with van der Waals surface area (Å²) in [6, 6.07) is 14.8. The highest BCUT2D eigenvalue weighted by Crippen LogP contribution is 2.35. The Bertz CT molecular complexity index is 635. The zero-order valence-electron chi connectivity index (χ0n) is 11.8. The summed E-state index contributed by atoms with van der Waals surface area (Å²) in [5.41, 5.74) is 7.01. The number of halogens is 1. The van der Waals surface area contributed by atoms with Gasteiger partial charge in [-0.2, -0.15) is 0 Å². The Hall–Kier alpha value is -1.53. The average Bonchev–Trinajstić information content (AvgIpc) is 2.89. The fraction of sp³-hybridized carbons (Fsp3) is 0.263. The number of hydrogen-bond acceptors (Lipinski definition) is 0. The van der Waals surface area contributed by atoms with Gasteiger partial charge in [0.05, 0.1) is 0 Å². The lowest BCUT2D eigenvalue weighted by molar-refractivity contribution is 0.779. The molecule has 0 nitrogen and oxygen atoms in total. The van der Waals surface area contributed by atoms with Gasteiger partial charge in [-0.1, -0.05) is 66.9 Å². The zero-order valence-corrected chi connectivity index (χ0v) is 12.6. The summed E-state index contributed by atoms with van der Waals surface area (Å²) in [6.07, 6.45) is 7.30. The van der Waals surface area contributed by atoms with Gasteiger partial charge in [0.2, 0.25) is 0 Å². The summed E-state index contributed by atoms with van der Waals surface area (Å²) in [5, 5.41) is 0.792. The molecular formula is C19H19Cl. The Labute approximate surface area is 126 Å². The van der Waals surface area contributed by atoms with Gasteiger partial charge >= 0.3 is 0 Å². The molecule has 0 heterocycles. The van der Waals surface area contributed by atoms with E-state index in [-0.39, 0.29) is 0 Å². The maximum atomic E-state index is 5.98. The number of fused-ring (bicyclic) bond motifs is 1. The van der Waals surface area contributed by atoms with E-state index in [9.17, 15) is 0 Å². The summed E-state index contributed by atoms with van der Waals surface area (Å²) in [4.78, 5) is 0. The van der Waals surface area contributed by atoms with Crippen molar-refractivity contribution in [3.05, 3.63) is 64.2 Å². The monoisotopic (exact) mass is 282 g/mol. The summed E-state index contributed by atoms with van der Waals surface area (Å²) >= 11 is 5.98. The van der Waals surface area contributed by atoms with Crippen LogP contribution in [0.15, 0.2) is 48.0 Å². The molecule has 1 aliphatic carbocycles. The van der Waals surface area contributed by atoms with Gasteiger partial charge in [0.15, 0.2) is 0 Å². The van der Waals surface area contributed by atoms with E-state index in [4.69, 9.17) is 11.6 Å². The van der Waals surface area contributed by atoms with Crippen molar-refractivity contribution in [2.45, 2.75) is 32.6 Å². The van der Waals surface area contributed by atoms with Crippen molar-refractivity contribution in [1.82, 2.24) is 0 Å². The third-order valence-corrected chi connectivity index (χ3v) is 4.22. The second-order valence-corrected chi connectivity index (χ2v) is 5.90. The van der Waals surface area contributed by atoms with Crippen LogP contribution < -0.4 is 0 Å².